The molecule has 0 unspecified atom stereocenters. The van der Waals surface area contributed by atoms with Crippen molar-refractivity contribution >= 4 is 15.9 Å². The Balaban J connectivity index is 2.69. The quantitative estimate of drug-likeness (QED) is 0.696. The van der Waals surface area contributed by atoms with Crippen LogP contribution in [0.5, 0.6) is 0 Å². The maximum Gasteiger partial charge on any atom is 0.0256 e. The van der Waals surface area contributed by atoms with Crippen molar-refractivity contribution in [2.24, 2.45) is 0 Å². The molecular weight excluding hydrogens is 248 g/mol. The van der Waals surface area contributed by atoms with Crippen LogP contribution in [0.2, 0.25) is 0 Å². The van der Waals surface area contributed by atoms with Gasteiger partial charge in [-0.25, -0.2) is 0 Å². The van der Waals surface area contributed by atoms with E-state index in [4.69, 9.17) is 0 Å². The minimum absolute atomic E-state index is 1.16. The van der Waals surface area contributed by atoms with Gasteiger partial charge in [0, 0.05) is 4.47 Å². The van der Waals surface area contributed by atoms with Gasteiger partial charge in [0.25, 0.3) is 0 Å². The van der Waals surface area contributed by atoms with Crippen molar-refractivity contribution in [1.82, 2.24) is 0 Å². The fraction of sp³-hybridized carbons (Fsp3) is 0.143. The van der Waals surface area contributed by atoms with Gasteiger partial charge in [0.15, 0.2) is 0 Å². The molecule has 0 spiro atoms. The zero-order valence-electron chi connectivity index (χ0n) is 8.92. The van der Waals surface area contributed by atoms with Crippen LogP contribution in [0.1, 0.15) is 11.1 Å². The number of hydrogen-bond donors (Lipinski definition) is 0. The highest BCUT2D eigenvalue weighted by atomic mass is 79.9. The summed E-state index contributed by atoms with van der Waals surface area (Å²) in [6, 6.07) is 14.8. The van der Waals surface area contributed by atoms with Gasteiger partial charge in [-0.2, -0.15) is 0 Å². The zero-order chi connectivity index (χ0) is 10.8. The van der Waals surface area contributed by atoms with Gasteiger partial charge in [0.2, 0.25) is 0 Å². The molecule has 0 aliphatic heterocycles. The first kappa shape index (κ1) is 10.4. The Hall–Kier alpha value is -1.08. The molecule has 0 fully saturated rings. The standard InChI is InChI=1S/C14H13Br/c1-10-6-3-4-8-12(10)14-11(2)7-5-9-13(14)15/h3-9H,1-2H3. The van der Waals surface area contributed by atoms with E-state index in [0.717, 1.165) is 4.47 Å². The average molecular weight is 261 g/mol. The van der Waals surface area contributed by atoms with Crippen LogP contribution in [-0.2, 0) is 0 Å². The summed E-state index contributed by atoms with van der Waals surface area (Å²) in [7, 11) is 0. The van der Waals surface area contributed by atoms with E-state index in [1.54, 1.807) is 0 Å². The summed E-state index contributed by atoms with van der Waals surface area (Å²) < 4.78 is 1.16. The van der Waals surface area contributed by atoms with Gasteiger partial charge in [0.05, 0.1) is 0 Å². The molecule has 2 rings (SSSR count). The minimum atomic E-state index is 1.16. The van der Waals surface area contributed by atoms with E-state index in [9.17, 15) is 0 Å². The molecule has 0 saturated heterocycles. The van der Waals surface area contributed by atoms with E-state index < -0.39 is 0 Å². The molecular formula is C14H13Br. The molecule has 0 N–H and O–H groups in total. The fourth-order valence-electron chi connectivity index (χ4n) is 1.83. The van der Waals surface area contributed by atoms with Gasteiger partial charge in [-0.3, -0.25) is 0 Å². The smallest absolute Gasteiger partial charge is 0.0256 e. The van der Waals surface area contributed by atoms with Crippen LogP contribution in [0.3, 0.4) is 0 Å². The lowest BCUT2D eigenvalue weighted by Gasteiger charge is -2.11. The molecule has 0 aromatic heterocycles. The number of hydrogen-bond acceptors (Lipinski definition) is 0. The van der Waals surface area contributed by atoms with Gasteiger partial charge in [-0.1, -0.05) is 52.3 Å². The second-order valence-corrected chi connectivity index (χ2v) is 4.60. The van der Waals surface area contributed by atoms with Crippen LogP contribution < -0.4 is 0 Å². The molecule has 0 radical (unpaired) electrons. The molecule has 0 saturated carbocycles. The first-order valence-corrected chi connectivity index (χ1v) is 5.80. The van der Waals surface area contributed by atoms with Crippen LogP contribution in [0.25, 0.3) is 11.1 Å². The summed E-state index contributed by atoms with van der Waals surface area (Å²) in [4.78, 5) is 0. The van der Waals surface area contributed by atoms with Crippen molar-refractivity contribution in [1.29, 1.82) is 0 Å². The monoisotopic (exact) mass is 260 g/mol. The van der Waals surface area contributed by atoms with Gasteiger partial charge in [-0.05, 0) is 42.2 Å². The normalized spacial score (nSPS) is 10.3. The Bertz CT molecular complexity index is 466. The topological polar surface area (TPSA) is 0 Å². The number of rotatable bonds is 1. The summed E-state index contributed by atoms with van der Waals surface area (Å²) in [6.07, 6.45) is 0. The largest absolute Gasteiger partial charge is 0.0620 e. The van der Waals surface area contributed by atoms with Crippen molar-refractivity contribution in [3.05, 3.63) is 58.1 Å². The highest BCUT2D eigenvalue weighted by molar-refractivity contribution is 9.10. The molecule has 0 bridgehead atoms. The van der Waals surface area contributed by atoms with Gasteiger partial charge >= 0.3 is 0 Å². The molecule has 1 heteroatoms. The van der Waals surface area contributed by atoms with Crippen molar-refractivity contribution < 1.29 is 0 Å². The van der Waals surface area contributed by atoms with Crippen molar-refractivity contribution in [2.45, 2.75) is 13.8 Å². The van der Waals surface area contributed by atoms with E-state index in [2.05, 4.69) is 72.2 Å². The third-order valence-electron chi connectivity index (χ3n) is 2.64. The van der Waals surface area contributed by atoms with Crippen LogP contribution >= 0.6 is 15.9 Å². The summed E-state index contributed by atoms with van der Waals surface area (Å²) in [5, 5.41) is 0. The lowest BCUT2D eigenvalue weighted by Crippen LogP contribution is -1.87. The van der Waals surface area contributed by atoms with Crippen LogP contribution in [0.15, 0.2) is 46.9 Å². The molecule has 15 heavy (non-hydrogen) atoms. The lowest BCUT2D eigenvalue weighted by molar-refractivity contribution is 1.39. The van der Waals surface area contributed by atoms with E-state index in [0.29, 0.717) is 0 Å². The molecule has 0 amide bonds. The second-order valence-electron chi connectivity index (χ2n) is 3.75. The predicted octanol–water partition coefficient (Wildman–Crippen LogP) is 4.73. The molecule has 0 nitrogen and oxygen atoms in total. The van der Waals surface area contributed by atoms with Gasteiger partial charge < -0.3 is 0 Å². The Labute approximate surface area is 99.1 Å². The number of aryl methyl sites for hydroxylation is 2. The summed E-state index contributed by atoms with van der Waals surface area (Å²) in [5.74, 6) is 0. The molecule has 2 aromatic carbocycles. The summed E-state index contributed by atoms with van der Waals surface area (Å²) in [5.41, 5.74) is 5.23. The third-order valence-corrected chi connectivity index (χ3v) is 3.30. The van der Waals surface area contributed by atoms with Crippen LogP contribution in [-0.4, -0.2) is 0 Å². The maximum atomic E-state index is 3.62. The van der Waals surface area contributed by atoms with Crippen LogP contribution in [0.4, 0.5) is 0 Å². The third kappa shape index (κ3) is 1.98. The predicted molar refractivity (Wildman–Crippen MR) is 69.1 cm³/mol. The van der Waals surface area contributed by atoms with Crippen molar-refractivity contribution in [3.8, 4) is 11.1 Å². The lowest BCUT2D eigenvalue weighted by atomic mass is 9.97. The minimum Gasteiger partial charge on any atom is -0.0620 e. The van der Waals surface area contributed by atoms with Crippen molar-refractivity contribution in [2.75, 3.05) is 0 Å². The van der Waals surface area contributed by atoms with E-state index >= 15 is 0 Å². The Kier molecular flexibility index (Phi) is 2.92. The zero-order valence-corrected chi connectivity index (χ0v) is 10.5. The fourth-order valence-corrected chi connectivity index (χ4v) is 2.51. The highest BCUT2D eigenvalue weighted by Crippen LogP contribution is 2.33. The molecule has 0 aliphatic carbocycles. The van der Waals surface area contributed by atoms with E-state index in [1.807, 2.05) is 0 Å². The summed E-state index contributed by atoms with van der Waals surface area (Å²) >= 11 is 3.62. The van der Waals surface area contributed by atoms with Gasteiger partial charge in [-0.15, -0.1) is 0 Å². The maximum absolute atomic E-state index is 3.62. The first-order chi connectivity index (χ1) is 7.20. The Morgan fingerprint density at radius 2 is 1.47 bits per heavy atom. The van der Waals surface area contributed by atoms with Crippen molar-refractivity contribution in [3.63, 3.8) is 0 Å². The molecule has 0 aliphatic rings. The van der Waals surface area contributed by atoms with Crippen LogP contribution in [0, 0.1) is 13.8 Å². The SMILES string of the molecule is Cc1ccccc1-c1c(C)cccc1Br. The molecule has 0 heterocycles. The number of benzene rings is 2. The Morgan fingerprint density at radius 1 is 0.800 bits per heavy atom. The molecule has 2 aromatic rings. The average Bonchev–Trinajstić information content (AvgIpc) is 2.20. The second kappa shape index (κ2) is 4.19. The number of halogens is 1. The van der Waals surface area contributed by atoms with E-state index in [1.165, 1.54) is 22.3 Å². The molecule has 0 atom stereocenters. The summed E-state index contributed by atoms with van der Waals surface area (Å²) in [6.45, 7) is 4.29. The molecule has 76 valence electrons. The highest BCUT2D eigenvalue weighted by Gasteiger charge is 2.07. The van der Waals surface area contributed by atoms with E-state index in [-0.39, 0.29) is 0 Å². The van der Waals surface area contributed by atoms with Gasteiger partial charge in [0.1, 0.15) is 0 Å². The Morgan fingerprint density at radius 3 is 2.13 bits per heavy atom. The first-order valence-electron chi connectivity index (χ1n) is 5.01.